The largest absolute Gasteiger partial charge is 0.507 e. The highest BCUT2D eigenvalue weighted by atomic mass is 16.6. The Kier molecular flexibility index (Phi) is 10.9. The molecule has 1 amide bonds. The Hall–Kier alpha value is -5.43. The highest BCUT2D eigenvalue weighted by Crippen LogP contribution is 2.35. The molecule has 0 saturated carbocycles. The summed E-state index contributed by atoms with van der Waals surface area (Å²) < 4.78 is 38.4. The van der Waals surface area contributed by atoms with Crippen molar-refractivity contribution in [3.05, 3.63) is 70.4 Å². The maximum atomic E-state index is 13.0. The summed E-state index contributed by atoms with van der Waals surface area (Å²) in [6, 6.07) is 14.5. The van der Waals surface area contributed by atoms with Gasteiger partial charge < -0.3 is 42.8 Å². The van der Waals surface area contributed by atoms with Gasteiger partial charge in [0.1, 0.15) is 39.7 Å². The van der Waals surface area contributed by atoms with Gasteiger partial charge in [0.25, 0.3) is 5.91 Å². The zero-order valence-corrected chi connectivity index (χ0v) is 27.3. The summed E-state index contributed by atoms with van der Waals surface area (Å²) in [5.74, 6) is 1.31. The van der Waals surface area contributed by atoms with Crippen molar-refractivity contribution >= 4 is 22.8 Å². The van der Waals surface area contributed by atoms with Gasteiger partial charge in [-0.25, -0.2) is 4.79 Å². The van der Waals surface area contributed by atoms with Crippen LogP contribution in [0.3, 0.4) is 0 Å². The van der Waals surface area contributed by atoms with E-state index in [0.717, 1.165) is 17.1 Å². The number of ether oxygens (including phenoxy) is 6. The standard InChI is InChI=1S/C35H38N2O11/c1-5-45-34(41)21-47-31-14-22(7-9-28(31)43-3)30-18-27(39)35-26(38)15-25(17-32(35)48-30)46-20-33(40)37-12-10-36(11-13-37)19-23-6-8-24(42-2)16-29(23)44-4/h6-9,14-18,38H,5,10-13,19-21H2,1-4H3. The predicted octanol–water partition coefficient (Wildman–Crippen LogP) is 3.86. The summed E-state index contributed by atoms with van der Waals surface area (Å²) in [6.45, 7) is 4.38. The molecule has 0 atom stereocenters. The Morgan fingerprint density at radius 1 is 0.812 bits per heavy atom. The molecule has 0 spiro atoms. The zero-order chi connectivity index (χ0) is 34.2. The number of nitrogens with zero attached hydrogens (tertiary/aromatic N) is 2. The molecule has 1 aliphatic rings. The SMILES string of the molecule is CCOC(=O)COc1cc(-c2cc(=O)c3c(O)cc(OCC(=O)N4CCN(Cc5ccc(OC)cc5OC)CC4)cc3o2)ccc1OC. The van der Waals surface area contributed by atoms with Crippen molar-refractivity contribution in [2.75, 3.05) is 67.3 Å². The lowest BCUT2D eigenvalue weighted by molar-refractivity contribution is -0.145. The number of carbonyl (C=O) groups excluding carboxylic acids is 2. The second-order valence-electron chi connectivity index (χ2n) is 10.9. The smallest absolute Gasteiger partial charge is 0.344 e. The number of amides is 1. The van der Waals surface area contributed by atoms with Crippen molar-refractivity contribution in [3.8, 4) is 45.8 Å². The molecular weight excluding hydrogens is 624 g/mol. The lowest BCUT2D eigenvalue weighted by Crippen LogP contribution is -2.49. The molecule has 13 heteroatoms. The molecule has 0 bridgehead atoms. The number of piperazine rings is 1. The van der Waals surface area contributed by atoms with Crippen LogP contribution in [0, 0.1) is 0 Å². The molecule has 1 aliphatic heterocycles. The number of carbonyl (C=O) groups is 2. The van der Waals surface area contributed by atoms with Crippen LogP contribution in [0.15, 0.2) is 63.8 Å². The van der Waals surface area contributed by atoms with Crippen molar-refractivity contribution in [2.24, 2.45) is 0 Å². The molecule has 4 aromatic rings. The number of phenolic OH excluding ortho intramolecular Hbond substituents is 1. The number of phenols is 1. The van der Waals surface area contributed by atoms with Crippen LogP contribution in [-0.2, 0) is 20.9 Å². The van der Waals surface area contributed by atoms with Gasteiger partial charge in [-0.05, 0) is 31.2 Å². The average molecular weight is 663 g/mol. The van der Waals surface area contributed by atoms with E-state index in [9.17, 15) is 19.5 Å². The number of aromatic hydroxyl groups is 1. The first kappa shape index (κ1) is 33.9. The summed E-state index contributed by atoms with van der Waals surface area (Å²) >= 11 is 0. The lowest BCUT2D eigenvalue weighted by atomic mass is 10.1. The van der Waals surface area contributed by atoms with E-state index in [1.165, 1.54) is 25.3 Å². The Morgan fingerprint density at radius 3 is 2.29 bits per heavy atom. The van der Waals surface area contributed by atoms with E-state index < -0.39 is 11.4 Å². The van der Waals surface area contributed by atoms with Crippen molar-refractivity contribution < 1.29 is 47.5 Å². The van der Waals surface area contributed by atoms with Crippen molar-refractivity contribution in [1.29, 1.82) is 0 Å². The average Bonchev–Trinajstić information content (AvgIpc) is 3.09. The third-order valence-corrected chi connectivity index (χ3v) is 7.86. The van der Waals surface area contributed by atoms with Crippen LogP contribution in [0.2, 0.25) is 0 Å². The quantitative estimate of drug-likeness (QED) is 0.208. The van der Waals surface area contributed by atoms with Gasteiger partial charge in [-0.3, -0.25) is 14.5 Å². The van der Waals surface area contributed by atoms with E-state index in [-0.39, 0.29) is 59.7 Å². The molecule has 254 valence electrons. The van der Waals surface area contributed by atoms with Gasteiger partial charge in [0.2, 0.25) is 0 Å². The molecule has 1 N–H and O–H groups in total. The number of hydrogen-bond acceptors (Lipinski definition) is 12. The molecule has 0 radical (unpaired) electrons. The van der Waals surface area contributed by atoms with Crippen LogP contribution in [0.25, 0.3) is 22.3 Å². The van der Waals surface area contributed by atoms with Crippen LogP contribution >= 0.6 is 0 Å². The number of esters is 1. The van der Waals surface area contributed by atoms with E-state index in [4.69, 9.17) is 32.8 Å². The summed E-state index contributed by atoms with van der Waals surface area (Å²) in [7, 11) is 4.69. The first-order valence-electron chi connectivity index (χ1n) is 15.3. The molecule has 1 fully saturated rings. The Labute approximate surface area is 277 Å². The fraction of sp³-hybridized carbons (Fsp3) is 0.343. The van der Waals surface area contributed by atoms with Gasteiger partial charge in [-0.15, -0.1) is 0 Å². The molecule has 48 heavy (non-hydrogen) atoms. The molecule has 5 rings (SSSR count). The van der Waals surface area contributed by atoms with E-state index in [1.54, 1.807) is 44.2 Å². The minimum atomic E-state index is -0.545. The number of methoxy groups -OCH3 is 3. The fourth-order valence-corrected chi connectivity index (χ4v) is 5.37. The summed E-state index contributed by atoms with van der Waals surface area (Å²) in [6.07, 6.45) is 0. The molecule has 0 unspecified atom stereocenters. The van der Waals surface area contributed by atoms with E-state index in [1.807, 2.05) is 18.2 Å². The van der Waals surface area contributed by atoms with Crippen LogP contribution in [0.4, 0.5) is 0 Å². The highest BCUT2D eigenvalue weighted by Gasteiger charge is 2.23. The van der Waals surface area contributed by atoms with Crippen LogP contribution in [0.5, 0.6) is 34.5 Å². The molecule has 0 aliphatic carbocycles. The first-order chi connectivity index (χ1) is 23.2. The normalized spacial score (nSPS) is 13.2. The summed E-state index contributed by atoms with van der Waals surface area (Å²) in [4.78, 5) is 41.8. The van der Waals surface area contributed by atoms with Gasteiger partial charge in [0, 0.05) is 68.1 Å². The number of fused-ring (bicyclic) bond motifs is 1. The van der Waals surface area contributed by atoms with E-state index >= 15 is 0 Å². The van der Waals surface area contributed by atoms with Gasteiger partial charge >= 0.3 is 5.97 Å². The van der Waals surface area contributed by atoms with Gasteiger partial charge in [-0.2, -0.15) is 0 Å². The van der Waals surface area contributed by atoms with Crippen molar-refractivity contribution in [3.63, 3.8) is 0 Å². The van der Waals surface area contributed by atoms with Crippen LogP contribution in [-0.4, -0.2) is 94.1 Å². The third kappa shape index (κ3) is 7.92. The Morgan fingerprint density at radius 2 is 1.58 bits per heavy atom. The molecular formula is C35H38N2O11. The molecule has 3 aromatic carbocycles. The van der Waals surface area contributed by atoms with E-state index in [0.29, 0.717) is 44.0 Å². The maximum absolute atomic E-state index is 13.0. The highest BCUT2D eigenvalue weighted by molar-refractivity contribution is 5.86. The second-order valence-corrected chi connectivity index (χ2v) is 10.9. The van der Waals surface area contributed by atoms with E-state index in [2.05, 4.69) is 4.90 Å². The fourth-order valence-electron chi connectivity index (χ4n) is 5.37. The Bertz CT molecular complexity index is 1830. The minimum absolute atomic E-state index is 0.0330. The molecule has 13 nitrogen and oxygen atoms in total. The summed E-state index contributed by atoms with van der Waals surface area (Å²) in [5, 5.41) is 10.6. The molecule has 2 heterocycles. The third-order valence-electron chi connectivity index (χ3n) is 7.86. The monoisotopic (exact) mass is 662 g/mol. The lowest BCUT2D eigenvalue weighted by Gasteiger charge is -2.34. The van der Waals surface area contributed by atoms with Crippen LogP contribution < -0.4 is 29.1 Å². The number of benzene rings is 3. The Balaban J connectivity index is 1.24. The van der Waals surface area contributed by atoms with Crippen LogP contribution in [0.1, 0.15) is 12.5 Å². The maximum Gasteiger partial charge on any atom is 0.344 e. The van der Waals surface area contributed by atoms with Gasteiger partial charge in [0.15, 0.2) is 30.1 Å². The number of rotatable bonds is 13. The topological polar surface area (TPSA) is 146 Å². The van der Waals surface area contributed by atoms with Crippen molar-refractivity contribution in [1.82, 2.24) is 9.80 Å². The van der Waals surface area contributed by atoms with Gasteiger partial charge in [-0.1, -0.05) is 6.07 Å². The van der Waals surface area contributed by atoms with Gasteiger partial charge in [0.05, 0.1) is 27.9 Å². The minimum Gasteiger partial charge on any atom is -0.507 e. The zero-order valence-electron chi connectivity index (χ0n) is 27.3. The molecule has 1 aromatic heterocycles. The second kappa shape index (κ2) is 15.4. The van der Waals surface area contributed by atoms with Crippen molar-refractivity contribution in [2.45, 2.75) is 13.5 Å². The summed E-state index contributed by atoms with van der Waals surface area (Å²) in [5.41, 5.74) is 1.06. The first-order valence-corrected chi connectivity index (χ1v) is 15.3. The predicted molar refractivity (Wildman–Crippen MR) is 175 cm³/mol. The molecule has 1 saturated heterocycles. The number of hydrogen-bond donors (Lipinski definition) is 1.